The summed E-state index contributed by atoms with van der Waals surface area (Å²) in [5, 5.41) is 4.33. The zero-order valence-electron chi connectivity index (χ0n) is 11.6. The Labute approximate surface area is 120 Å². The van der Waals surface area contributed by atoms with Gasteiger partial charge in [-0.15, -0.1) is 0 Å². The van der Waals surface area contributed by atoms with Gasteiger partial charge in [-0.25, -0.2) is 0 Å². The van der Waals surface area contributed by atoms with E-state index >= 15 is 0 Å². The first-order valence-corrected chi connectivity index (χ1v) is 7.24. The van der Waals surface area contributed by atoms with Gasteiger partial charge in [0.2, 0.25) is 0 Å². The van der Waals surface area contributed by atoms with Crippen LogP contribution in [0.4, 0.5) is 0 Å². The fraction of sp³-hybridized carbons (Fsp3) is 0.375. The molecule has 0 radical (unpaired) electrons. The number of hydrogen-bond donors (Lipinski definition) is 1. The van der Waals surface area contributed by atoms with Crippen molar-refractivity contribution in [2.24, 2.45) is 0 Å². The van der Waals surface area contributed by atoms with Gasteiger partial charge in [-0.2, -0.15) is 0 Å². The van der Waals surface area contributed by atoms with Crippen molar-refractivity contribution in [1.29, 1.82) is 0 Å². The number of benzene rings is 1. The first-order chi connectivity index (χ1) is 9.24. The van der Waals surface area contributed by atoms with Crippen LogP contribution in [0.15, 0.2) is 42.7 Å². The van der Waals surface area contributed by atoms with Crippen LogP contribution in [-0.4, -0.2) is 11.1 Å². The highest BCUT2D eigenvalue weighted by atomic mass is 35.5. The molecule has 1 atom stereocenters. The van der Waals surface area contributed by atoms with Crippen LogP contribution in [-0.2, 0) is 6.54 Å². The molecule has 0 saturated heterocycles. The Bertz CT molecular complexity index is 519. The maximum Gasteiger partial charge on any atom is 0.0485 e. The predicted octanol–water partition coefficient (Wildman–Crippen LogP) is 4.25. The lowest BCUT2D eigenvalue weighted by Gasteiger charge is -2.14. The molecule has 0 saturated carbocycles. The van der Waals surface area contributed by atoms with Crippen LogP contribution in [0.2, 0.25) is 5.02 Å². The minimum absolute atomic E-state index is 0.442. The molecule has 102 valence electrons. The molecule has 0 amide bonds. The normalized spacial score (nSPS) is 12.6. The predicted molar refractivity (Wildman–Crippen MR) is 81.7 cm³/mol. The van der Waals surface area contributed by atoms with E-state index in [2.05, 4.69) is 48.3 Å². The summed E-state index contributed by atoms with van der Waals surface area (Å²) in [6.45, 7) is 6.17. The first-order valence-electron chi connectivity index (χ1n) is 6.87. The van der Waals surface area contributed by atoms with Crippen LogP contribution >= 0.6 is 11.6 Å². The van der Waals surface area contributed by atoms with E-state index in [1.54, 1.807) is 0 Å². The van der Waals surface area contributed by atoms with Crippen LogP contribution < -0.4 is 5.32 Å². The summed E-state index contributed by atoms with van der Waals surface area (Å²) in [6.07, 6.45) is 5.43. The van der Waals surface area contributed by atoms with Crippen LogP contribution in [0.25, 0.3) is 0 Å². The third-order valence-electron chi connectivity index (χ3n) is 3.35. The van der Waals surface area contributed by atoms with E-state index < -0.39 is 0 Å². The molecule has 0 fully saturated rings. The van der Waals surface area contributed by atoms with Crippen molar-refractivity contribution >= 4 is 11.6 Å². The first kappa shape index (κ1) is 14.2. The van der Waals surface area contributed by atoms with Crippen LogP contribution in [0.5, 0.6) is 0 Å². The molecule has 2 rings (SSSR count). The molecule has 0 bridgehead atoms. The van der Waals surface area contributed by atoms with Crippen LogP contribution in [0.3, 0.4) is 0 Å². The molecule has 1 unspecified atom stereocenters. The molecule has 1 aromatic heterocycles. The van der Waals surface area contributed by atoms with Crippen LogP contribution in [0, 0.1) is 0 Å². The van der Waals surface area contributed by atoms with Gasteiger partial charge in [-0.3, -0.25) is 0 Å². The van der Waals surface area contributed by atoms with E-state index in [9.17, 15) is 0 Å². The second-order valence-electron chi connectivity index (χ2n) is 4.73. The SMILES string of the molecule is CCNC(CC)c1ccn(Cc2ccccc2Cl)c1. The Morgan fingerprint density at radius 2 is 2.00 bits per heavy atom. The van der Waals surface area contributed by atoms with Crippen molar-refractivity contribution in [2.45, 2.75) is 32.9 Å². The lowest BCUT2D eigenvalue weighted by Crippen LogP contribution is -2.19. The maximum atomic E-state index is 6.19. The Kier molecular flexibility index (Phi) is 5.06. The molecule has 1 aromatic carbocycles. The summed E-state index contributed by atoms with van der Waals surface area (Å²) in [5.74, 6) is 0. The van der Waals surface area contributed by atoms with Crippen LogP contribution in [0.1, 0.15) is 37.4 Å². The molecule has 1 N–H and O–H groups in total. The number of aromatic nitrogens is 1. The van der Waals surface area contributed by atoms with E-state index in [-0.39, 0.29) is 0 Å². The van der Waals surface area contributed by atoms with E-state index in [0.29, 0.717) is 6.04 Å². The maximum absolute atomic E-state index is 6.19. The Balaban J connectivity index is 2.11. The van der Waals surface area contributed by atoms with Crippen molar-refractivity contribution < 1.29 is 0 Å². The summed E-state index contributed by atoms with van der Waals surface area (Å²) < 4.78 is 2.19. The number of hydrogen-bond acceptors (Lipinski definition) is 1. The van der Waals surface area contributed by atoms with Crippen molar-refractivity contribution in [2.75, 3.05) is 6.54 Å². The van der Waals surface area contributed by atoms with E-state index in [1.165, 1.54) is 5.56 Å². The van der Waals surface area contributed by atoms with Gasteiger partial charge in [0.25, 0.3) is 0 Å². The van der Waals surface area contributed by atoms with Gasteiger partial charge in [0.15, 0.2) is 0 Å². The fourth-order valence-corrected chi connectivity index (χ4v) is 2.53. The smallest absolute Gasteiger partial charge is 0.0485 e. The molecule has 2 nitrogen and oxygen atoms in total. The van der Waals surface area contributed by atoms with Gasteiger partial charge in [0.05, 0.1) is 0 Å². The van der Waals surface area contributed by atoms with Crippen molar-refractivity contribution in [3.05, 3.63) is 58.9 Å². The fourth-order valence-electron chi connectivity index (χ4n) is 2.33. The monoisotopic (exact) mass is 276 g/mol. The van der Waals surface area contributed by atoms with Gasteiger partial charge < -0.3 is 9.88 Å². The average molecular weight is 277 g/mol. The third-order valence-corrected chi connectivity index (χ3v) is 3.71. The van der Waals surface area contributed by atoms with Gasteiger partial charge >= 0.3 is 0 Å². The summed E-state index contributed by atoms with van der Waals surface area (Å²) >= 11 is 6.19. The molecule has 0 aliphatic carbocycles. The summed E-state index contributed by atoms with van der Waals surface area (Å²) in [7, 11) is 0. The molecule has 3 heteroatoms. The topological polar surface area (TPSA) is 17.0 Å². The minimum atomic E-state index is 0.442. The largest absolute Gasteiger partial charge is 0.350 e. The summed E-state index contributed by atoms with van der Waals surface area (Å²) in [4.78, 5) is 0. The Morgan fingerprint density at radius 1 is 1.21 bits per heavy atom. The molecule has 0 aliphatic heterocycles. The number of halogens is 1. The molecule has 1 heterocycles. The van der Waals surface area contributed by atoms with Gasteiger partial charge in [0, 0.05) is 30.0 Å². The van der Waals surface area contributed by atoms with Crippen molar-refractivity contribution in [3.8, 4) is 0 Å². The molecular formula is C16H21ClN2. The zero-order valence-corrected chi connectivity index (χ0v) is 12.3. The Hall–Kier alpha value is -1.25. The molecular weight excluding hydrogens is 256 g/mol. The molecule has 0 aliphatic rings. The lowest BCUT2D eigenvalue weighted by molar-refractivity contribution is 0.536. The second kappa shape index (κ2) is 6.78. The van der Waals surface area contributed by atoms with E-state index in [1.807, 2.05) is 18.2 Å². The number of rotatable bonds is 6. The minimum Gasteiger partial charge on any atom is -0.350 e. The third kappa shape index (κ3) is 3.62. The zero-order chi connectivity index (χ0) is 13.7. The van der Waals surface area contributed by atoms with Gasteiger partial charge in [0.1, 0.15) is 0 Å². The van der Waals surface area contributed by atoms with Gasteiger partial charge in [-0.1, -0.05) is 43.6 Å². The number of nitrogens with zero attached hydrogens (tertiary/aromatic N) is 1. The van der Waals surface area contributed by atoms with Crippen molar-refractivity contribution in [3.63, 3.8) is 0 Å². The number of nitrogens with one attached hydrogen (secondary N) is 1. The Morgan fingerprint density at radius 3 is 2.68 bits per heavy atom. The van der Waals surface area contributed by atoms with Crippen molar-refractivity contribution in [1.82, 2.24) is 9.88 Å². The highest BCUT2D eigenvalue weighted by molar-refractivity contribution is 6.31. The average Bonchev–Trinajstić information content (AvgIpc) is 2.87. The standard InChI is InChI=1S/C16H21ClN2/c1-3-16(18-4-2)14-9-10-19(12-14)11-13-7-5-6-8-15(13)17/h5-10,12,16,18H,3-4,11H2,1-2H3. The molecule has 19 heavy (non-hydrogen) atoms. The van der Waals surface area contributed by atoms with Gasteiger partial charge in [-0.05, 0) is 36.2 Å². The molecule has 0 spiro atoms. The van der Waals surface area contributed by atoms with E-state index in [0.717, 1.165) is 30.1 Å². The molecule has 2 aromatic rings. The summed E-state index contributed by atoms with van der Waals surface area (Å²) in [6, 6.07) is 10.6. The lowest BCUT2D eigenvalue weighted by atomic mass is 10.1. The van der Waals surface area contributed by atoms with E-state index in [4.69, 9.17) is 11.6 Å². The highest BCUT2D eigenvalue weighted by Crippen LogP contribution is 2.20. The highest BCUT2D eigenvalue weighted by Gasteiger charge is 2.09. The second-order valence-corrected chi connectivity index (χ2v) is 5.13. The quantitative estimate of drug-likeness (QED) is 0.835. The summed E-state index contributed by atoms with van der Waals surface area (Å²) in [5.41, 5.74) is 2.50.